The predicted octanol–water partition coefficient (Wildman–Crippen LogP) is 4.39. The summed E-state index contributed by atoms with van der Waals surface area (Å²) < 4.78 is 5.18. The fraction of sp³-hybridized carbons (Fsp3) is 0.100. The Morgan fingerprint density at radius 2 is 1.80 bits per heavy atom. The Kier molecular flexibility index (Phi) is 4.95. The Morgan fingerprint density at radius 1 is 1.00 bits per heavy atom. The summed E-state index contributed by atoms with van der Waals surface area (Å²) in [6.45, 7) is 2.03. The Hall–Kier alpha value is -3.34. The fourth-order valence-corrected chi connectivity index (χ4v) is 2.36. The second-order valence-corrected chi connectivity index (χ2v) is 5.58. The summed E-state index contributed by atoms with van der Waals surface area (Å²) in [5.74, 6) is 0.949. The number of hydrogen-bond donors (Lipinski definition) is 2. The van der Waals surface area contributed by atoms with Crippen LogP contribution in [-0.2, 0) is 0 Å². The van der Waals surface area contributed by atoms with Gasteiger partial charge in [0.1, 0.15) is 11.6 Å². The standard InChI is InChI=1S/C20H19N3O2/c1-14-8-10-15(11-9-14)22-19-18(7-4-12-21-19)20(24)23-16-5-3-6-17(13-16)25-2/h3-13H,1-2H3,(H,21,22)(H,23,24). The molecule has 1 amide bonds. The number of carbonyl (C=O) groups excluding carboxylic acids is 1. The van der Waals surface area contributed by atoms with Crippen LogP contribution in [0.5, 0.6) is 5.75 Å². The largest absolute Gasteiger partial charge is 0.497 e. The lowest BCUT2D eigenvalue weighted by atomic mass is 10.2. The molecule has 3 aromatic rings. The van der Waals surface area contributed by atoms with Crippen molar-refractivity contribution in [3.63, 3.8) is 0 Å². The van der Waals surface area contributed by atoms with E-state index in [9.17, 15) is 4.79 Å². The molecule has 0 unspecified atom stereocenters. The van der Waals surface area contributed by atoms with Crippen LogP contribution in [0.3, 0.4) is 0 Å². The van der Waals surface area contributed by atoms with Crippen LogP contribution in [0, 0.1) is 6.92 Å². The SMILES string of the molecule is COc1cccc(NC(=O)c2cccnc2Nc2ccc(C)cc2)c1. The van der Waals surface area contributed by atoms with Gasteiger partial charge in [-0.3, -0.25) is 4.79 Å². The maximum absolute atomic E-state index is 12.6. The van der Waals surface area contributed by atoms with E-state index in [0.29, 0.717) is 22.8 Å². The number of hydrogen-bond acceptors (Lipinski definition) is 4. The van der Waals surface area contributed by atoms with E-state index in [2.05, 4.69) is 15.6 Å². The highest BCUT2D eigenvalue weighted by molar-refractivity contribution is 6.07. The van der Waals surface area contributed by atoms with E-state index in [-0.39, 0.29) is 5.91 Å². The first-order valence-electron chi connectivity index (χ1n) is 7.90. The van der Waals surface area contributed by atoms with E-state index >= 15 is 0 Å². The zero-order valence-corrected chi connectivity index (χ0v) is 14.1. The van der Waals surface area contributed by atoms with Crippen LogP contribution in [0.15, 0.2) is 66.9 Å². The molecule has 2 N–H and O–H groups in total. The van der Waals surface area contributed by atoms with Crippen LogP contribution in [-0.4, -0.2) is 18.0 Å². The van der Waals surface area contributed by atoms with Crippen LogP contribution >= 0.6 is 0 Å². The molecular formula is C20H19N3O2. The van der Waals surface area contributed by atoms with E-state index in [1.54, 1.807) is 31.5 Å². The molecule has 3 rings (SSSR count). The van der Waals surface area contributed by atoms with Gasteiger partial charge < -0.3 is 15.4 Å². The highest BCUT2D eigenvalue weighted by atomic mass is 16.5. The summed E-state index contributed by atoms with van der Waals surface area (Å²) in [7, 11) is 1.59. The van der Waals surface area contributed by atoms with E-state index < -0.39 is 0 Å². The molecule has 1 heterocycles. The smallest absolute Gasteiger partial charge is 0.259 e. The summed E-state index contributed by atoms with van der Waals surface area (Å²) >= 11 is 0. The number of nitrogens with one attached hydrogen (secondary N) is 2. The molecule has 0 radical (unpaired) electrons. The molecule has 0 aliphatic carbocycles. The number of aryl methyl sites for hydroxylation is 1. The number of rotatable bonds is 5. The van der Waals surface area contributed by atoms with Crippen molar-refractivity contribution in [2.24, 2.45) is 0 Å². The van der Waals surface area contributed by atoms with E-state index in [1.165, 1.54) is 5.56 Å². The van der Waals surface area contributed by atoms with Crippen LogP contribution in [0.2, 0.25) is 0 Å². The Labute approximate surface area is 146 Å². The minimum Gasteiger partial charge on any atom is -0.497 e. The second-order valence-electron chi connectivity index (χ2n) is 5.58. The zero-order valence-electron chi connectivity index (χ0n) is 14.1. The van der Waals surface area contributed by atoms with E-state index in [4.69, 9.17) is 4.74 Å². The lowest BCUT2D eigenvalue weighted by Crippen LogP contribution is -2.14. The summed E-state index contributed by atoms with van der Waals surface area (Å²) in [6.07, 6.45) is 1.65. The van der Waals surface area contributed by atoms with Crippen molar-refractivity contribution in [2.75, 3.05) is 17.7 Å². The molecule has 2 aromatic carbocycles. The molecule has 25 heavy (non-hydrogen) atoms. The summed E-state index contributed by atoms with van der Waals surface area (Å²) in [5, 5.41) is 6.06. The number of carbonyl (C=O) groups is 1. The molecule has 0 aliphatic heterocycles. The number of ether oxygens (including phenoxy) is 1. The highest BCUT2D eigenvalue weighted by Gasteiger charge is 2.13. The maximum Gasteiger partial charge on any atom is 0.259 e. The molecule has 5 nitrogen and oxygen atoms in total. The number of methoxy groups -OCH3 is 1. The fourth-order valence-electron chi connectivity index (χ4n) is 2.36. The van der Waals surface area contributed by atoms with Crippen LogP contribution < -0.4 is 15.4 Å². The van der Waals surface area contributed by atoms with Gasteiger partial charge >= 0.3 is 0 Å². The van der Waals surface area contributed by atoms with Gasteiger partial charge in [0.15, 0.2) is 0 Å². The van der Waals surface area contributed by atoms with Gasteiger partial charge in [-0.1, -0.05) is 23.8 Å². The third-order valence-corrected chi connectivity index (χ3v) is 3.69. The molecule has 0 aliphatic rings. The molecular weight excluding hydrogens is 314 g/mol. The molecule has 0 spiro atoms. The Bertz CT molecular complexity index is 876. The van der Waals surface area contributed by atoms with Crippen molar-refractivity contribution in [1.29, 1.82) is 0 Å². The number of nitrogens with zero attached hydrogens (tertiary/aromatic N) is 1. The van der Waals surface area contributed by atoms with Gasteiger partial charge in [0, 0.05) is 23.6 Å². The first kappa shape index (κ1) is 16.5. The van der Waals surface area contributed by atoms with Gasteiger partial charge in [-0.15, -0.1) is 0 Å². The van der Waals surface area contributed by atoms with E-state index in [0.717, 1.165) is 5.69 Å². The monoisotopic (exact) mass is 333 g/mol. The number of aromatic nitrogens is 1. The summed E-state index contributed by atoms with van der Waals surface area (Å²) in [5.41, 5.74) is 3.17. The van der Waals surface area contributed by atoms with Crippen molar-refractivity contribution in [1.82, 2.24) is 4.98 Å². The summed E-state index contributed by atoms with van der Waals surface area (Å²) in [6, 6.07) is 18.6. The third-order valence-electron chi connectivity index (χ3n) is 3.69. The van der Waals surface area contributed by atoms with Crippen LogP contribution in [0.1, 0.15) is 15.9 Å². The lowest BCUT2D eigenvalue weighted by molar-refractivity contribution is 0.102. The Morgan fingerprint density at radius 3 is 2.56 bits per heavy atom. The maximum atomic E-state index is 12.6. The van der Waals surface area contributed by atoms with Gasteiger partial charge in [-0.05, 0) is 43.3 Å². The van der Waals surface area contributed by atoms with Gasteiger partial charge in [-0.2, -0.15) is 0 Å². The molecule has 0 atom stereocenters. The average molecular weight is 333 g/mol. The molecule has 0 fully saturated rings. The van der Waals surface area contributed by atoms with Crippen molar-refractivity contribution in [3.8, 4) is 5.75 Å². The zero-order chi connectivity index (χ0) is 17.6. The molecule has 0 saturated heterocycles. The number of anilines is 3. The van der Waals surface area contributed by atoms with Gasteiger partial charge in [-0.25, -0.2) is 4.98 Å². The molecule has 0 saturated carbocycles. The number of benzene rings is 2. The van der Waals surface area contributed by atoms with Crippen LogP contribution in [0.25, 0.3) is 0 Å². The Balaban J connectivity index is 1.81. The van der Waals surface area contributed by atoms with Crippen molar-refractivity contribution < 1.29 is 9.53 Å². The normalized spacial score (nSPS) is 10.2. The first-order chi connectivity index (χ1) is 12.2. The molecule has 0 bridgehead atoms. The molecule has 126 valence electrons. The predicted molar refractivity (Wildman–Crippen MR) is 99.6 cm³/mol. The molecule has 5 heteroatoms. The van der Waals surface area contributed by atoms with Crippen LogP contribution in [0.4, 0.5) is 17.2 Å². The van der Waals surface area contributed by atoms with Gasteiger partial charge in [0.2, 0.25) is 0 Å². The van der Waals surface area contributed by atoms with Crippen molar-refractivity contribution in [3.05, 3.63) is 78.0 Å². The first-order valence-corrected chi connectivity index (χ1v) is 7.90. The average Bonchev–Trinajstić information content (AvgIpc) is 2.64. The lowest BCUT2D eigenvalue weighted by Gasteiger charge is -2.12. The minimum atomic E-state index is -0.240. The highest BCUT2D eigenvalue weighted by Crippen LogP contribution is 2.21. The number of amides is 1. The molecule has 1 aromatic heterocycles. The quantitative estimate of drug-likeness (QED) is 0.727. The minimum absolute atomic E-state index is 0.240. The van der Waals surface area contributed by atoms with Gasteiger partial charge in [0.05, 0.1) is 12.7 Å². The summed E-state index contributed by atoms with van der Waals surface area (Å²) in [4.78, 5) is 16.9. The third kappa shape index (κ3) is 4.14. The number of pyridine rings is 1. The van der Waals surface area contributed by atoms with Crippen molar-refractivity contribution in [2.45, 2.75) is 6.92 Å². The van der Waals surface area contributed by atoms with E-state index in [1.807, 2.05) is 49.4 Å². The topological polar surface area (TPSA) is 63.2 Å². The van der Waals surface area contributed by atoms with Gasteiger partial charge in [0.25, 0.3) is 5.91 Å². The second kappa shape index (κ2) is 7.49. The van der Waals surface area contributed by atoms with Crippen molar-refractivity contribution >= 4 is 23.1 Å².